The molecule has 1 nitrogen and oxygen atoms in total. The molecule has 0 radical (unpaired) electrons. The summed E-state index contributed by atoms with van der Waals surface area (Å²) in [5, 5.41) is 9.54. The molecule has 0 bridgehead atoms. The molecule has 0 aliphatic rings. The van der Waals surface area contributed by atoms with Crippen LogP contribution in [0, 0.1) is 0 Å². The summed E-state index contributed by atoms with van der Waals surface area (Å²) in [6.07, 6.45) is 9.98. The molecule has 0 aliphatic heterocycles. The summed E-state index contributed by atoms with van der Waals surface area (Å²) < 4.78 is 7.03. The van der Waals surface area contributed by atoms with Crippen LogP contribution in [0.25, 0.3) is 0 Å². The zero-order valence-electron chi connectivity index (χ0n) is 13.0. The molecule has 0 spiro atoms. The Labute approximate surface area is 119 Å². The number of hydrogen-bond donors (Lipinski definition) is 1. The van der Waals surface area contributed by atoms with E-state index in [4.69, 9.17) is 0 Å². The molecule has 0 rings (SSSR count). The summed E-state index contributed by atoms with van der Waals surface area (Å²) >= 11 is -2.09. The summed E-state index contributed by atoms with van der Waals surface area (Å²) in [5.41, 5.74) is 0. The molecular formula is C16H34OSn. The molecule has 0 aromatic heterocycles. The van der Waals surface area contributed by atoms with Crippen LogP contribution < -0.4 is 0 Å². The zero-order chi connectivity index (χ0) is 13.9. The Hall–Kier alpha value is 0.499. The van der Waals surface area contributed by atoms with Crippen molar-refractivity contribution in [2.75, 3.05) is 0 Å². The van der Waals surface area contributed by atoms with Gasteiger partial charge in [0.05, 0.1) is 0 Å². The van der Waals surface area contributed by atoms with Crippen molar-refractivity contribution in [2.45, 2.75) is 85.6 Å². The fourth-order valence-electron chi connectivity index (χ4n) is 2.55. The molecule has 0 aromatic carbocycles. The standard InChI is InChI=1S/C4H7O.3C4H9.Sn/c1-3-4(2)5;3*1-3-4-2;/h1,3-5H,2H3;3*1,3-4H2,2H3;. The maximum atomic E-state index is 9.54. The van der Waals surface area contributed by atoms with Crippen LogP contribution in [-0.4, -0.2) is 29.6 Å². The van der Waals surface area contributed by atoms with E-state index < -0.39 is 18.4 Å². The third kappa shape index (κ3) is 8.57. The molecule has 0 saturated heterocycles. The van der Waals surface area contributed by atoms with E-state index in [2.05, 4.69) is 30.9 Å². The molecule has 1 atom stereocenters. The second kappa shape index (κ2) is 11.3. The van der Waals surface area contributed by atoms with Gasteiger partial charge in [0.15, 0.2) is 0 Å². The van der Waals surface area contributed by atoms with E-state index >= 15 is 0 Å². The predicted molar refractivity (Wildman–Crippen MR) is 85.7 cm³/mol. The molecule has 0 aliphatic carbocycles. The fourth-order valence-corrected chi connectivity index (χ4v) is 17.1. The normalized spacial score (nSPS) is 14.3. The van der Waals surface area contributed by atoms with Crippen molar-refractivity contribution in [1.29, 1.82) is 0 Å². The Morgan fingerprint density at radius 1 is 0.889 bits per heavy atom. The first-order chi connectivity index (χ1) is 8.60. The summed E-state index contributed by atoms with van der Waals surface area (Å²) in [4.78, 5) is 0. The number of aliphatic hydroxyl groups excluding tert-OH is 1. The van der Waals surface area contributed by atoms with E-state index in [1.165, 1.54) is 51.8 Å². The molecule has 0 heterocycles. The first-order valence-electron chi connectivity index (χ1n) is 7.97. The second-order valence-electron chi connectivity index (χ2n) is 5.77. The van der Waals surface area contributed by atoms with Gasteiger partial charge in [-0.3, -0.25) is 0 Å². The molecule has 0 fully saturated rings. The SMILES string of the molecule is CCC[CH2][Sn]([CH]=CC(C)O)([CH2]CCC)[CH2]CCC. The molecule has 0 aromatic rings. The number of rotatable bonds is 11. The monoisotopic (exact) mass is 362 g/mol. The van der Waals surface area contributed by atoms with Gasteiger partial charge in [-0.05, 0) is 0 Å². The number of hydrogen-bond acceptors (Lipinski definition) is 1. The van der Waals surface area contributed by atoms with Gasteiger partial charge in [-0.1, -0.05) is 0 Å². The Kier molecular flexibility index (Phi) is 11.6. The molecule has 0 saturated carbocycles. The summed E-state index contributed by atoms with van der Waals surface area (Å²) in [6, 6.07) is 0. The van der Waals surface area contributed by atoms with Gasteiger partial charge >= 0.3 is 119 Å². The Morgan fingerprint density at radius 3 is 1.56 bits per heavy atom. The first kappa shape index (κ1) is 18.5. The van der Waals surface area contributed by atoms with Crippen molar-refractivity contribution in [2.24, 2.45) is 0 Å². The zero-order valence-corrected chi connectivity index (χ0v) is 15.9. The average Bonchev–Trinajstić information content (AvgIpc) is 2.37. The van der Waals surface area contributed by atoms with Gasteiger partial charge in [0.2, 0.25) is 0 Å². The average molecular weight is 361 g/mol. The van der Waals surface area contributed by atoms with E-state index in [0.29, 0.717) is 0 Å². The van der Waals surface area contributed by atoms with Crippen molar-refractivity contribution in [3.63, 3.8) is 0 Å². The summed E-state index contributed by atoms with van der Waals surface area (Å²) in [6.45, 7) is 8.78. The first-order valence-corrected chi connectivity index (χ1v) is 15.7. The van der Waals surface area contributed by atoms with Crippen molar-refractivity contribution < 1.29 is 5.11 Å². The van der Waals surface area contributed by atoms with Gasteiger partial charge in [-0.15, -0.1) is 0 Å². The second-order valence-corrected chi connectivity index (χ2v) is 18.8. The van der Waals surface area contributed by atoms with Crippen LogP contribution in [0.4, 0.5) is 0 Å². The van der Waals surface area contributed by atoms with Crippen molar-refractivity contribution in [1.82, 2.24) is 0 Å². The molecular weight excluding hydrogens is 327 g/mol. The van der Waals surface area contributed by atoms with Crippen LogP contribution in [0.15, 0.2) is 10.2 Å². The molecule has 1 N–H and O–H groups in total. The van der Waals surface area contributed by atoms with Gasteiger partial charge in [0.1, 0.15) is 0 Å². The van der Waals surface area contributed by atoms with E-state index in [9.17, 15) is 5.11 Å². The minimum atomic E-state index is -2.09. The van der Waals surface area contributed by atoms with Crippen molar-refractivity contribution in [3.8, 4) is 0 Å². The van der Waals surface area contributed by atoms with E-state index in [1.54, 1.807) is 0 Å². The third-order valence-electron chi connectivity index (χ3n) is 3.81. The maximum absolute atomic E-state index is 9.54. The van der Waals surface area contributed by atoms with Crippen LogP contribution in [0.2, 0.25) is 13.3 Å². The van der Waals surface area contributed by atoms with Crippen LogP contribution in [0.1, 0.15) is 66.2 Å². The number of aliphatic hydroxyl groups is 1. The number of unbranched alkanes of at least 4 members (excludes halogenated alkanes) is 3. The van der Waals surface area contributed by atoms with Crippen LogP contribution in [0.5, 0.6) is 0 Å². The minimum absolute atomic E-state index is 0.258. The Balaban J connectivity index is 4.72. The molecule has 0 amide bonds. The fraction of sp³-hybridized carbons (Fsp3) is 0.875. The van der Waals surface area contributed by atoms with Gasteiger partial charge in [-0.2, -0.15) is 0 Å². The van der Waals surface area contributed by atoms with Crippen molar-refractivity contribution >= 4 is 18.4 Å². The Morgan fingerprint density at radius 2 is 1.28 bits per heavy atom. The molecule has 108 valence electrons. The summed E-state index contributed by atoms with van der Waals surface area (Å²) in [7, 11) is 0. The predicted octanol–water partition coefficient (Wildman–Crippen LogP) is 5.31. The molecule has 18 heavy (non-hydrogen) atoms. The molecule has 1 unspecified atom stereocenters. The van der Waals surface area contributed by atoms with E-state index in [1.807, 2.05) is 6.92 Å². The van der Waals surface area contributed by atoms with Crippen molar-refractivity contribution in [3.05, 3.63) is 10.2 Å². The topological polar surface area (TPSA) is 20.2 Å². The van der Waals surface area contributed by atoms with Gasteiger partial charge in [-0.25, -0.2) is 0 Å². The third-order valence-corrected chi connectivity index (χ3v) is 17.9. The summed E-state index contributed by atoms with van der Waals surface area (Å²) in [5.74, 6) is 0. The van der Waals surface area contributed by atoms with E-state index in [-0.39, 0.29) is 6.10 Å². The van der Waals surface area contributed by atoms with Gasteiger partial charge in [0.25, 0.3) is 0 Å². The van der Waals surface area contributed by atoms with Crippen LogP contribution in [-0.2, 0) is 0 Å². The van der Waals surface area contributed by atoms with Crippen LogP contribution >= 0.6 is 0 Å². The van der Waals surface area contributed by atoms with Gasteiger partial charge < -0.3 is 0 Å². The van der Waals surface area contributed by atoms with Gasteiger partial charge in [0, 0.05) is 0 Å². The quantitative estimate of drug-likeness (QED) is 0.495. The Bertz CT molecular complexity index is 189. The van der Waals surface area contributed by atoms with E-state index in [0.717, 1.165) is 0 Å². The van der Waals surface area contributed by atoms with Crippen LogP contribution in [0.3, 0.4) is 0 Å². The molecule has 2 heteroatoms.